The van der Waals surface area contributed by atoms with Crippen LogP contribution in [-0.2, 0) is 14.8 Å². The van der Waals surface area contributed by atoms with Gasteiger partial charge in [-0.15, -0.1) is 0 Å². The summed E-state index contributed by atoms with van der Waals surface area (Å²) in [5, 5.41) is 12.5. The lowest BCUT2D eigenvalue weighted by molar-refractivity contribution is -0.123. The zero-order chi connectivity index (χ0) is 21.6. The minimum Gasteiger partial charge on any atom is -0.477 e. The average molecular weight is 415 g/mol. The van der Waals surface area contributed by atoms with Crippen LogP contribution in [0.5, 0.6) is 0 Å². The lowest BCUT2D eigenvalue weighted by atomic mass is 9.95. The fraction of sp³-hybridized carbons (Fsp3) is 0.250. The van der Waals surface area contributed by atoms with E-state index in [-0.39, 0.29) is 21.8 Å². The maximum Gasteiger partial charge on any atom is 0.353 e. The van der Waals surface area contributed by atoms with Crippen LogP contribution < -0.4 is 5.32 Å². The minimum atomic E-state index is -4.19. The molecule has 29 heavy (non-hydrogen) atoms. The van der Waals surface area contributed by atoms with E-state index in [4.69, 9.17) is 0 Å². The lowest BCUT2D eigenvalue weighted by Gasteiger charge is -2.17. The first-order chi connectivity index (χ1) is 13.4. The number of hydrogen-bond donors (Lipinski definition) is 2. The van der Waals surface area contributed by atoms with E-state index in [1.807, 2.05) is 6.92 Å². The van der Waals surface area contributed by atoms with Crippen molar-refractivity contribution in [2.75, 3.05) is 5.32 Å². The molecule has 1 aromatic carbocycles. The molecule has 0 radical (unpaired) electrons. The summed E-state index contributed by atoms with van der Waals surface area (Å²) in [7, 11) is -4.19. The SMILES string of the molecule is Cc1ccc(S(=O)(=O)n2c(C(=O)O)cc3cc(NC(=O)C(C)(C)C)cnc32)cc1. The molecule has 3 rings (SSSR count). The smallest absolute Gasteiger partial charge is 0.353 e. The number of fused-ring (bicyclic) bond motifs is 1. The topological polar surface area (TPSA) is 118 Å². The number of nitrogens with zero attached hydrogens (tertiary/aromatic N) is 2. The van der Waals surface area contributed by atoms with Gasteiger partial charge in [0.1, 0.15) is 5.69 Å². The number of rotatable bonds is 4. The van der Waals surface area contributed by atoms with Crippen LogP contribution in [0.1, 0.15) is 36.8 Å². The summed E-state index contributed by atoms with van der Waals surface area (Å²) in [5.41, 5.74) is 0.113. The maximum atomic E-state index is 13.1. The molecule has 2 N–H and O–H groups in total. The van der Waals surface area contributed by atoms with E-state index >= 15 is 0 Å². The van der Waals surface area contributed by atoms with Gasteiger partial charge >= 0.3 is 5.97 Å². The molecule has 0 saturated heterocycles. The number of carbonyl (C=O) groups is 2. The van der Waals surface area contributed by atoms with Gasteiger partial charge < -0.3 is 10.4 Å². The molecule has 0 aliphatic carbocycles. The molecule has 3 aromatic rings. The summed E-state index contributed by atoms with van der Waals surface area (Å²) >= 11 is 0. The number of hydrogen-bond acceptors (Lipinski definition) is 5. The van der Waals surface area contributed by atoms with Crippen molar-refractivity contribution in [3.8, 4) is 0 Å². The van der Waals surface area contributed by atoms with Gasteiger partial charge in [-0.3, -0.25) is 4.79 Å². The van der Waals surface area contributed by atoms with Crippen LogP contribution in [0, 0.1) is 12.3 Å². The number of nitrogens with one attached hydrogen (secondary N) is 1. The summed E-state index contributed by atoms with van der Waals surface area (Å²) in [6.45, 7) is 7.07. The number of aromatic carboxylic acids is 1. The number of pyridine rings is 1. The Bertz CT molecular complexity index is 1220. The molecule has 0 aliphatic rings. The Morgan fingerprint density at radius 3 is 2.28 bits per heavy atom. The number of amides is 1. The van der Waals surface area contributed by atoms with Crippen molar-refractivity contribution in [1.29, 1.82) is 0 Å². The number of carboxylic acid groups (broad SMARTS) is 1. The summed E-state index contributed by atoms with van der Waals surface area (Å²) in [5.74, 6) is -1.65. The molecule has 0 spiro atoms. The molecule has 0 bridgehead atoms. The van der Waals surface area contributed by atoms with E-state index in [1.165, 1.54) is 30.5 Å². The summed E-state index contributed by atoms with van der Waals surface area (Å²) in [6, 6.07) is 8.82. The predicted octanol–water partition coefficient (Wildman–Crippen LogP) is 3.26. The molecule has 1 amide bonds. The molecule has 9 heteroatoms. The second kappa shape index (κ2) is 7.00. The number of anilines is 1. The van der Waals surface area contributed by atoms with E-state index in [1.54, 1.807) is 32.9 Å². The van der Waals surface area contributed by atoms with Crippen molar-refractivity contribution in [3.05, 3.63) is 53.9 Å². The maximum absolute atomic E-state index is 13.1. The molecular formula is C20H21N3O5S. The number of benzene rings is 1. The van der Waals surface area contributed by atoms with E-state index < -0.39 is 27.1 Å². The van der Waals surface area contributed by atoms with E-state index in [0.717, 1.165) is 5.56 Å². The summed E-state index contributed by atoms with van der Waals surface area (Å²) in [6.07, 6.45) is 1.30. The first kappa shape index (κ1) is 20.5. The first-order valence-corrected chi connectivity index (χ1v) is 10.2. The minimum absolute atomic E-state index is 0.0308. The number of carbonyl (C=O) groups excluding carboxylic acids is 1. The highest BCUT2D eigenvalue weighted by atomic mass is 32.2. The highest BCUT2D eigenvalue weighted by Crippen LogP contribution is 2.27. The van der Waals surface area contributed by atoms with Gasteiger partial charge in [0, 0.05) is 10.8 Å². The number of carboxylic acids is 1. The van der Waals surface area contributed by atoms with Gasteiger partial charge in [0.25, 0.3) is 10.0 Å². The van der Waals surface area contributed by atoms with Gasteiger partial charge in [-0.05, 0) is 31.2 Å². The molecule has 0 saturated carbocycles. The Balaban J connectivity index is 2.17. The van der Waals surface area contributed by atoms with Gasteiger partial charge in [0.2, 0.25) is 5.91 Å². The third-order valence-electron chi connectivity index (χ3n) is 4.32. The van der Waals surface area contributed by atoms with Crippen LogP contribution >= 0.6 is 0 Å². The molecule has 2 aromatic heterocycles. The zero-order valence-corrected chi connectivity index (χ0v) is 17.2. The van der Waals surface area contributed by atoms with Gasteiger partial charge in [-0.25, -0.2) is 22.2 Å². The van der Waals surface area contributed by atoms with Gasteiger partial charge in [-0.1, -0.05) is 38.5 Å². The van der Waals surface area contributed by atoms with Crippen molar-refractivity contribution >= 4 is 38.6 Å². The fourth-order valence-corrected chi connectivity index (χ4v) is 4.13. The van der Waals surface area contributed by atoms with Crippen molar-refractivity contribution in [1.82, 2.24) is 8.96 Å². The molecule has 0 aliphatic heterocycles. The van der Waals surface area contributed by atoms with Crippen LogP contribution in [0.25, 0.3) is 11.0 Å². The molecule has 0 atom stereocenters. The van der Waals surface area contributed by atoms with Crippen molar-refractivity contribution < 1.29 is 23.1 Å². The molecule has 8 nitrogen and oxygen atoms in total. The first-order valence-electron chi connectivity index (χ1n) is 8.80. The Morgan fingerprint density at radius 2 is 1.72 bits per heavy atom. The third kappa shape index (κ3) is 3.86. The van der Waals surface area contributed by atoms with Crippen LogP contribution in [0.4, 0.5) is 5.69 Å². The van der Waals surface area contributed by atoms with Crippen molar-refractivity contribution in [3.63, 3.8) is 0 Å². The highest BCUT2D eigenvalue weighted by molar-refractivity contribution is 7.90. The molecule has 0 unspecified atom stereocenters. The Labute approximate surface area is 168 Å². The monoisotopic (exact) mass is 415 g/mol. The summed E-state index contributed by atoms with van der Waals surface area (Å²) in [4.78, 5) is 28.0. The van der Waals surface area contributed by atoms with E-state index in [9.17, 15) is 23.1 Å². The Hall–Kier alpha value is -3.20. The molecule has 2 heterocycles. The van der Waals surface area contributed by atoms with Crippen LogP contribution in [0.15, 0.2) is 47.5 Å². The van der Waals surface area contributed by atoms with Crippen molar-refractivity contribution in [2.24, 2.45) is 5.41 Å². The van der Waals surface area contributed by atoms with Crippen molar-refractivity contribution in [2.45, 2.75) is 32.6 Å². The van der Waals surface area contributed by atoms with Gasteiger partial charge in [0.05, 0.1) is 16.8 Å². The van der Waals surface area contributed by atoms with E-state index in [2.05, 4.69) is 10.3 Å². The van der Waals surface area contributed by atoms with E-state index in [0.29, 0.717) is 9.66 Å². The quantitative estimate of drug-likeness (QED) is 0.675. The average Bonchev–Trinajstić information content (AvgIpc) is 3.01. The highest BCUT2D eigenvalue weighted by Gasteiger charge is 2.28. The van der Waals surface area contributed by atoms with Crippen LogP contribution in [0.2, 0.25) is 0 Å². The Morgan fingerprint density at radius 1 is 1.10 bits per heavy atom. The normalized spacial score (nSPS) is 12.1. The third-order valence-corrected chi connectivity index (χ3v) is 6.03. The standard InChI is InChI=1S/C20H21N3O5S/c1-12-5-7-15(8-6-12)29(27,28)23-16(18(24)25)10-13-9-14(11-21-17(13)23)22-19(26)20(2,3)4/h5-11H,1-4H3,(H,22,26)(H,24,25). The lowest BCUT2D eigenvalue weighted by Crippen LogP contribution is -2.27. The van der Waals surface area contributed by atoms with Gasteiger partial charge in [0.15, 0.2) is 5.65 Å². The molecule has 0 fully saturated rings. The molecular weight excluding hydrogens is 394 g/mol. The largest absolute Gasteiger partial charge is 0.477 e. The summed E-state index contributed by atoms with van der Waals surface area (Å²) < 4.78 is 27.0. The number of aryl methyl sites for hydroxylation is 1. The van der Waals surface area contributed by atoms with Gasteiger partial charge in [-0.2, -0.15) is 0 Å². The van der Waals surface area contributed by atoms with Crippen LogP contribution in [-0.4, -0.2) is 34.4 Å². The second-order valence-electron chi connectivity index (χ2n) is 7.76. The fourth-order valence-electron chi connectivity index (χ4n) is 2.67. The Kier molecular flexibility index (Phi) is 4.96. The second-order valence-corrected chi connectivity index (χ2v) is 9.54. The molecule has 152 valence electrons. The zero-order valence-electron chi connectivity index (χ0n) is 16.4. The predicted molar refractivity (Wildman–Crippen MR) is 109 cm³/mol. The number of aromatic nitrogens is 2. The van der Waals surface area contributed by atoms with Crippen LogP contribution in [0.3, 0.4) is 0 Å².